The van der Waals surface area contributed by atoms with Crippen LogP contribution in [0.2, 0.25) is 0 Å². The maximum Gasteiger partial charge on any atom is 0.251 e. The van der Waals surface area contributed by atoms with Crippen LogP contribution < -0.4 is 15.0 Å². The quantitative estimate of drug-likeness (QED) is 0.588. The number of carbonyl (C=O) groups excluding carboxylic acids is 1. The number of aryl methyl sites for hydroxylation is 2. The summed E-state index contributed by atoms with van der Waals surface area (Å²) in [6.07, 6.45) is 2.62. The maximum absolute atomic E-state index is 12.8. The van der Waals surface area contributed by atoms with Gasteiger partial charge in [-0.05, 0) is 37.6 Å². The molecule has 0 aliphatic carbocycles. The summed E-state index contributed by atoms with van der Waals surface area (Å²) < 4.78 is 11.1. The standard InChI is InChI=1S/C25H29N3O3/c1-18-24(19(2)31-27-18)17-30-23-11-7-10-20(14-23)25(29)26-15-21-8-3-4-9-22(21)16-28-12-5-6-13-28/h3-4,7-11,14H,5-6,12-13,15-17H2,1-2H3,(H,26,29)/p+1. The molecule has 0 unspecified atom stereocenters. The fraction of sp³-hybridized carbons (Fsp3) is 0.360. The molecule has 1 amide bonds. The van der Waals surface area contributed by atoms with E-state index in [9.17, 15) is 4.79 Å². The van der Waals surface area contributed by atoms with Gasteiger partial charge in [0.05, 0.1) is 24.3 Å². The highest BCUT2D eigenvalue weighted by atomic mass is 16.5. The molecule has 3 aromatic rings. The molecule has 31 heavy (non-hydrogen) atoms. The smallest absolute Gasteiger partial charge is 0.251 e. The van der Waals surface area contributed by atoms with E-state index in [2.05, 4.69) is 28.7 Å². The third kappa shape index (κ3) is 5.33. The van der Waals surface area contributed by atoms with Crippen molar-refractivity contribution in [2.24, 2.45) is 0 Å². The molecule has 6 nitrogen and oxygen atoms in total. The van der Waals surface area contributed by atoms with Gasteiger partial charge >= 0.3 is 0 Å². The normalized spacial score (nSPS) is 14.0. The van der Waals surface area contributed by atoms with Crippen molar-refractivity contribution in [1.29, 1.82) is 0 Å². The van der Waals surface area contributed by atoms with Crippen LogP contribution in [0, 0.1) is 13.8 Å². The van der Waals surface area contributed by atoms with Gasteiger partial charge in [0.1, 0.15) is 24.7 Å². The number of rotatable bonds is 8. The zero-order chi connectivity index (χ0) is 21.6. The third-order valence-corrected chi connectivity index (χ3v) is 5.97. The number of carbonyl (C=O) groups is 1. The Bertz CT molecular complexity index is 1020. The Hall–Kier alpha value is -3.12. The molecule has 1 fully saturated rings. The lowest BCUT2D eigenvalue weighted by Gasteiger charge is -2.15. The number of likely N-dealkylation sites (tertiary alicyclic amines) is 1. The highest BCUT2D eigenvalue weighted by Crippen LogP contribution is 2.19. The van der Waals surface area contributed by atoms with Gasteiger partial charge in [-0.25, -0.2) is 0 Å². The van der Waals surface area contributed by atoms with E-state index < -0.39 is 0 Å². The number of aromatic nitrogens is 1. The minimum atomic E-state index is -0.105. The Morgan fingerprint density at radius 2 is 1.87 bits per heavy atom. The molecule has 1 saturated heterocycles. The average Bonchev–Trinajstić information content (AvgIpc) is 3.41. The van der Waals surface area contributed by atoms with Gasteiger partial charge < -0.3 is 19.5 Å². The maximum atomic E-state index is 12.8. The van der Waals surface area contributed by atoms with Crippen molar-refractivity contribution in [3.63, 3.8) is 0 Å². The molecule has 1 aromatic heterocycles. The molecule has 0 bridgehead atoms. The molecule has 2 N–H and O–H groups in total. The largest absolute Gasteiger partial charge is 0.489 e. The van der Waals surface area contributed by atoms with Crippen LogP contribution in [0.25, 0.3) is 0 Å². The number of ether oxygens (including phenoxy) is 1. The summed E-state index contributed by atoms with van der Waals surface area (Å²) in [4.78, 5) is 14.4. The van der Waals surface area contributed by atoms with E-state index in [0.29, 0.717) is 24.5 Å². The molecule has 1 aliphatic heterocycles. The van der Waals surface area contributed by atoms with Crippen LogP contribution >= 0.6 is 0 Å². The lowest BCUT2D eigenvalue weighted by atomic mass is 10.1. The molecule has 4 rings (SSSR count). The van der Waals surface area contributed by atoms with Gasteiger partial charge in [0.25, 0.3) is 5.91 Å². The Kier molecular flexibility index (Phi) is 6.67. The van der Waals surface area contributed by atoms with Crippen LogP contribution in [0.3, 0.4) is 0 Å². The number of nitrogens with zero attached hydrogens (tertiary/aromatic N) is 1. The molecular weight excluding hydrogens is 390 g/mol. The number of hydrogen-bond donors (Lipinski definition) is 2. The first-order chi connectivity index (χ1) is 15.1. The van der Waals surface area contributed by atoms with Crippen LogP contribution in [0.4, 0.5) is 0 Å². The molecule has 0 atom stereocenters. The fourth-order valence-electron chi connectivity index (χ4n) is 4.09. The van der Waals surface area contributed by atoms with Gasteiger partial charge in [0.15, 0.2) is 0 Å². The van der Waals surface area contributed by atoms with Gasteiger partial charge in [-0.3, -0.25) is 4.79 Å². The molecule has 0 saturated carbocycles. The summed E-state index contributed by atoms with van der Waals surface area (Å²) in [6.45, 7) is 8.14. The molecule has 2 heterocycles. The van der Waals surface area contributed by atoms with Gasteiger partial charge in [-0.2, -0.15) is 0 Å². The average molecular weight is 421 g/mol. The number of nitrogens with one attached hydrogen (secondary N) is 2. The van der Waals surface area contributed by atoms with Crippen LogP contribution in [-0.4, -0.2) is 24.2 Å². The predicted octanol–water partition coefficient (Wildman–Crippen LogP) is 2.98. The van der Waals surface area contributed by atoms with Crippen LogP contribution in [0.5, 0.6) is 5.75 Å². The Morgan fingerprint density at radius 3 is 2.61 bits per heavy atom. The van der Waals surface area contributed by atoms with E-state index in [1.54, 1.807) is 17.0 Å². The molecular formula is C25H30N3O3+. The van der Waals surface area contributed by atoms with Gasteiger partial charge in [-0.15, -0.1) is 0 Å². The van der Waals surface area contributed by atoms with Gasteiger partial charge in [0.2, 0.25) is 0 Å². The van der Waals surface area contributed by atoms with Crippen molar-refractivity contribution in [2.75, 3.05) is 13.1 Å². The topological polar surface area (TPSA) is 68.8 Å². The highest BCUT2D eigenvalue weighted by molar-refractivity contribution is 5.94. The minimum Gasteiger partial charge on any atom is -0.489 e. The SMILES string of the molecule is Cc1noc(C)c1COc1cccc(C(=O)NCc2ccccc2C[NH+]2CCCC2)c1. The molecule has 0 radical (unpaired) electrons. The van der Waals surface area contributed by atoms with Crippen LogP contribution in [0.1, 0.15) is 51.3 Å². The van der Waals surface area contributed by atoms with E-state index >= 15 is 0 Å². The zero-order valence-electron chi connectivity index (χ0n) is 18.2. The summed E-state index contributed by atoms with van der Waals surface area (Å²) in [5, 5.41) is 7.01. The minimum absolute atomic E-state index is 0.105. The van der Waals surface area contributed by atoms with E-state index in [4.69, 9.17) is 9.26 Å². The van der Waals surface area contributed by atoms with E-state index in [1.165, 1.54) is 37.1 Å². The highest BCUT2D eigenvalue weighted by Gasteiger charge is 2.17. The van der Waals surface area contributed by atoms with Crippen LogP contribution in [0.15, 0.2) is 53.1 Å². The molecule has 6 heteroatoms. The van der Waals surface area contributed by atoms with E-state index in [-0.39, 0.29) is 5.91 Å². The summed E-state index contributed by atoms with van der Waals surface area (Å²) in [7, 11) is 0. The van der Waals surface area contributed by atoms with Crippen molar-refractivity contribution >= 4 is 5.91 Å². The molecule has 2 aromatic carbocycles. The van der Waals surface area contributed by atoms with Crippen LogP contribution in [-0.2, 0) is 19.7 Å². The fourth-order valence-corrected chi connectivity index (χ4v) is 4.09. The number of quaternary nitrogens is 1. The summed E-state index contributed by atoms with van der Waals surface area (Å²) >= 11 is 0. The third-order valence-electron chi connectivity index (χ3n) is 5.97. The lowest BCUT2D eigenvalue weighted by Crippen LogP contribution is -3.08. The number of benzene rings is 2. The number of hydrogen-bond acceptors (Lipinski definition) is 4. The van der Waals surface area contributed by atoms with Gasteiger partial charge in [-0.1, -0.05) is 35.5 Å². The van der Waals surface area contributed by atoms with Crippen molar-refractivity contribution in [2.45, 2.75) is 46.4 Å². The second kappa shape index (κ2) is 9.79. The molecule has 1 aliphatic rings. The van der Waals surface area contributed by atoms with Crippen molar-refractivity contribution in [3.8, 4) is 5.75 Å². The molecule has 162 valence electrons. The Labute approximate surface area is 183 Å². The first-order valence-electron chi connectivity index (χ1n) is 10.9. The first-order valence-corrected chi connectivity index (χ1v) is 10.9. The second-order valence-electron chi connectivity index (χ2n) is 8.20. The van der Waals surface area contributed by atoms with Crippen molar-refractivity contribution in [1.82, 2.24) is 10.5 Å². The Morgan fingerprint density at radius 1 is 1.10 bits per heavy atom. The van der Waals surface area contributed by atoms with Crippen molar-refractivity contribution < 1.29 is 19.0 Å². The summed E-state index contributed by atoms with van der Waals surface area (Å²) in [6, 6.07) is 15.7. The van der Waals surface area contributed by atoms with Crippen molar-refractivity contribution in [3.05, 3.63) is 82.2 Å². The summed E-state index contributed by atoms with van der Waals surface area (Å²) in [5.41, 5.74) is 4.84. The zero-order valence-corrected chi connectivity index (χ0v) is 18.2. The number of amides is 1. The first kappa shape index (κ1) is 21.1. The van der Waals surface area contributed by atoms with Gasteiger partial charge in [0, 0.05) is 30.5 Å². The predicted molar refractivity (Wildman–Crippen MR) is 118 cm³/mol. The van der Waals surface area contributed by atoms with E-state index in [1.807, 2.05) is 32.0 Å². The Balaban J connectivity index is 1.36. The molecule has 0 spiro atoms. The monoisotopic (exact) mass is 420 g/mol. The lowest BCUT2D eigenvalue weighted by molar-refractivity contribution is -0.901. The second-order valence-corrected chi connectivity index (χ2v) is 8.20. The summed E-state index contributed by atoms with van der Waals surface area (Å²) in [5.74, 6) is 1.29. The van der Waals surface area contributed by atoms with E-state index in [0.717, 1.165) is 23.6 Å².